The zero-order valence-electron chi connectivity index (χ0n) is 17.9. The van der Waals surface area contributed by atoms with Gasteiger partial charge in [-0.25, -0.2) is 9.59 Å². The number of carboxylic acid groups (broad SMARTS) is 1. The van der Waals surface area contributed by atoms with Crippen LogP contribution in [0.4, 0.5) is 4.79 Å². The topological polar surface area (TPSA) is 116 Å². The molecule has 0 aliphatic carbocycles. The predicted octanol–water partition coefficient (Wildman–Crippen LogP) is 2.39. The van der Waals surface area contributed by atoms with E-state index in [-0.39, 0.29) is 18.9 Å². The molecule has 0 bridgehead atoms. The molecule has 1 heterocycles. The Kier molecular flexibility index (Phi) is 8.73. The lowest BCUT2D eigenvalue weighted by atomic mass is 9.88. The van der Waals surface area contributed by atoms with Crippen LogP contribution < -0.4 is 5.32 Å². The van der Waals surface area contributed by atoms with Gasteiger partial charge in [0, 0.05) is 13.0 Å². The van der Waals surface area contributed by atoms with Gasteiger partial charge >= 0.3 is 12.1 Å². The van der Waals surface area contributed by atoms with Crippen LogP contribution in [0, 0.1) is 11.8 Å². The second-order valence-electron chi connectivity index (χ2n) is 8.96. The molecular formula is C20H36N2O6. The van der Waals surface area contributed by atoms with Gasteiger partial charge in [-0.15, -0.1) is 0 Å². The minimum absolute atomic E-state index is 0.0130. The lowest BCUT2D eigenvalue weighted by Gasteiger charge is -2.32. The Hall–Kier alpha value is -1.83. The number of alkyl carbamates (subject to hydrolysis) is 1. The number of ether oxygens (including phenoxy) is 1. The molecule has 0 radical (unpaired) electrons. The number of hydrogen-bond acceptors (Lipinski definition) is 5. The Morgan fingerprint density at radius 3 is 2.36 bits per heavy atom. The van der Waals surface area contributed by atoms with Crippen molar-refractivity contribution in [2.45, 2.75) is 91.0 Å². The number of carboxylic acids is 1. The maximum absolute atomic E-state index is 13.2. The SMILES string of the molecule is CCCC(C)C[C@@H](C)[C@H](NC(=O)OC(C)(C)C)C(=O)N1C[C@H](O)C[C@H]1C(=O)O. The molecular weight excluding hydrogens is 364 g/mol. The highest BCUT2D eigenvalue weighted by Crippen LogP contribution is 2.25. The summed E-state index contributed by atoms with van der Waals surface area (Å²) >= 11 is 0. The summed E-state index contributed by atoms with van der Waals surface area (Å²) in [5.41, 5.74) is -0.718. The molecule has 162 valence electrons. The summed E-state index contributed by atoms with van der Waals surface area (Å²) < 4.78 is 5.29. The minimum Gasteiger partial charge on any atom is -0.480 e. The second-order valence-corrected chi connectivity index (χ2v) is 8.96. The number of carbonyl (C=O) groups excluding carboxylic acids is 2. The quantitative estimate of drug-likeness (QED) is 0.576. The molecule has 1 aliphatic rings. The van der Waals surface area contributed by atoms with E-state index in [1.807, 2.05) is 6.92 Å². The number of aliphatic carboxylic acids is 1. The fourth-order valence-electron chi connectivity index (χ4n) is 3.73. The van der Waals surface area contributed by atoms with E-state index in [1.165, 1.54) is 0 Å². The minimum atomic E-state index is -1.16. The number of nitrogens with one attached hydrogen (secondary N) is 1. The van der Waals surface area contributed by atoms with Gasteiger partial charge in [-0.05, 0) is 39.0 Å². The van der Waals surface area contributed by atoms with E-state index in [1.54, 1.807) is 20.8 Å². The van der Waals surface area contributed by atoms with Crippen LogP contribution in [-0.2, 0) is 14.3 Å². The summed E-state index contributed by atoms with van der Waals surface area (Å²) in [7, 11) is 0. The fourth-order valence-corrected chi connectivity index (χ4v) is 3.73. The Bertz CT molecular complexity index is 559. The average Bonchev–Trinajstić information content (AvgIpc) is 2.92. The second kappa shape index (κ2) is 10.1. The third-order valence-corrected chi connectivity index (χ3v) is 4.91. The first kappa shape index (κ1) is 24.2. The van der Waals surface area contributed by atoms with Gasteiger partial charge in [0.1, 0.15) is 17.7 Å². The van der Waals surface area contributed by atoms with E-state index in [0.717, 1.165) is 17.7 Å². The molecule has 0 aromatic carbocycles. The summed E-state index contributed by atoms with van der Waals surface area (Å²) in [5, 5.41) is 21.9. The maximum Gasteiger partial charge on any atom is 0.408 e. The van der Waals surface area contributed by atoms with Crippen LogP contribution in [0.15, 0.2) is 0 Å². The van der Waals surface area contributed by atoms with E-state index < -0.39 is 41.8 Å². The Balaban J connectivity index is 3.02. The molecule has 1 saturated heterocycles. The number of aliphatic hydroxyl groups is 1. The lowest BCUT2D eigenvalue weighted by molar-refractivity contribution is -0.149. The van der Waals surface area contributed by atoms with Crippen LogP contribution in [0.5, 0.6) is 0 Å². The van der Waals surface area contributed by atoms with Gasteiger partial charge in [0.2, 0.25) is 5.91 Å². The van der Waals surface area contributed by atoms with Crippen molar-refractivity contribution in [3.63, 3.8) is 0 Å². The van der Waals surface area contributed by atoms with Gasteiger partial charge in [0.05, 0.1) is 6.10 Å². The van der Waals surface area contributed by atoms with Gasteiger partial charge < -0.3 is 25.2 Å². The molecule has 0 aromatic heterocycles. The van der Waals surface area contributed by atoms with Crippen molar-refractivity contribution in [2.75, 3.05) is 6.54 Å². The zero-order valence-corrected chi connectivity index (χ0v) is 17.9. The summed E-state index contributed by atoms with van der Waals surface area (Å²) in [6.45, 7) is 11.2. The van der Waals surface area contributed by atoms with E-state index in [4.69, 9.17) is 4.74 Å². The molecule has 3 N–H and O–H groups in total. The van der Waals surface area contributed by atoms with Gasteiger partial charge in [0.15, 0.2) is 0 Å². The number of nitrogens with zero attached hydrogens (tertiary/aromatic N) is 1. The molecule has 8 nitrogen and oxygen atoms in total. The normalized spacial score (nSPS) is 23.0. The molecule has 28 heavy (non-hydrogen) atoms. The third-order valence-electron chi connectivity index (χ3n) is 4.91. The molecule has 1 rings (SSSR count). The van der Waals surface area contributed by atoms with Crippen LogP contribution in [0.2, 0.25) is 0 Å². The number of likely N-dealkylation sites (tertiary alicyclic amines) is 1. The maximum atomic E-state index is 13.2. The molecule has 5 atom stereocenters. The van der Waals surface area contributed by atoms with Crippen LogP contribution in [0.1, 0.15) is 67.2 Å². The number of carbonyl (C=O) groups is 3. The van der Waals surface area contributed by atoms with E-state index >= 15 is 0 Å². The molecule has 8 heteroatoms. The van der Waals surface area contributed by atoms with E-state index in [0.29, 0.717) is 12.3 Å². The van der Waals surface area contributed by atoms with Crippen LogP contribution in [0.25, 0.3) is 0 Å². The van der Waals surface area contributed by atoms with Crippen molar-refractivity contribution in [2.24, 2.45) is 11.8 Å². The zero-order chi connectivity index (χ0) is 21.6. The highest BCUT2D eigenvalue weighted by molar-refractivity contribution is 5.90. The van der Waals surface area contributed by atoms with Crippen LogP contribution in [-0.4, -0.2) is 63.4 Å². The number of rotatable bonds is 8. The monoisotopic (exact) mass is 400 g/mol. The predicted molar refractivity (Wildman–Crippen MR) is 105 cm³/mol. The fraction of sp³-hybridized carbons (Fsp3) is 0.850. The summed E-state index contributed by atoms with van der Waals surface area (Å²) in [5.74, 6) is -1.51. The van der Waals surface area contributed by atoms with Gasteiger partial charge in [-0.2, -0.15) is 0 Å². The number of aliphatic hydroxyl groups excluding tert-OH is 1. The highest BCUT2D eigenvalue weighted by atomic mass is 16.6. The first-order valence-electron chi connectivity index (χ1n) is 10.1. The molecule has 0 spiro atoms. The van der Waals surface area contributed by atoms with Crippen molar-refractivity contribution < 1.29 is 29.3 Å². The average molecular weight is 401 g/mol. The summed E-state index contributed by atoms with van der Waals surface area (Å²) in [6.07, 6.45) is 1.10. The van der Waals surface area contributed by atoms with E-state index in [9.17, 15) is 24.6 Å². The summed E-state index contributed by atoms with van der Waals surface area (Å²) in [4.78, 5) is 38.2. The highest BCUT2D eigenvalue weighted by Gasteiger charge is 2.43. The van der Waals surface area contributed by atoms with Crippen LogP contribution >= 0.6 is 0 Å². The Morgan fingerprint density at radius 1 is 1.25 bits per heavy atom. The molecule has 1 unspecified atom stereocenters. The van der Waals surface area contributed by atoms with Crippen LogP contribution in [0.3, 0.4) is 0 Å². The molecule has 1 aliphatic heterocycles. The number of amides is 2. The first-order chi connectivity index (χ1) is 12.9. The summed E-state index contributed by atoms with van der Waals surface area (Å²) in [6, 6.07) is -2.01. The molecule has 1 fully saturated rings. The molecule has 0 aromatic rings. The van der Waals surface area contributed by atoms with Crippen molar-refractivity contribution in [1.82, 2.24) is 10.2 Å². The Morgan fingerprint density at radius 2 is 1.86 bits per heavy atom. The van der Waals surface area contributed by atoms with Crippen molar-refractivity contribution in [3.8, 4) is 0 Å². The van der Waals surface area contributed by atoms with Gasteiger partial charge in [0.25, 0.3) is 0 Å². The first-order valence-corrected chi connectivity index (χ1v) is 10.1. The van der Waals surface area contributed by atoms with Crippen molar-refractivity contribution >= 4 is 18.0 Å². The van der Waals surface area contributed by atoms with Crippen molar-refractivity contribution in [1.29, 1.82) is 0 Å². The Labute approximate surface area is 167 Å². The van der Waals surface area contributed by atoms with E-state index in [2.05, 4.69) is 19.2 Å². The smallest absolute Gasteiger partial charge is 0.408 e. The van der Waals surface area contributed by atoms with Gasteiger partial charge in [-0.1, -0.05) is 33.6 Å². The standard InChI is InChI=1S/C20H36N2O6/c1-7-8-12(2)9-13(3)16(21-19(27)28-20(4,5)6)17(24)22-11-14(23)10-15(22)18(25)26/h12-16,23H,7-11H2,1-6H3,(H,21,27)(H,25,26)/t12?,13-,14-,15+,16+/m1/s1. The molecule has 0 saturated carbocycles. The third kappa shape index (κ3) is 7.30. The number of β-amino-alcohol motifs (C(OH)–C–C–N with tert-alkyl or cyclic N) is 1. The number of hydrogen-bond donors (Lipinski definition) is 3. The molecule has 2 amide bonds. The largest absolute Gasteiger partial charge is 0.480 e. The van der Waals surface area contributed by atoms with Gasteiger partial charge in [-0.3, -0.25) is 4.79 Å². The lowest BCUT2D eigenvalue weighted by Crippen LogP contribution is -2.55. The van der Waals surface area contributed by atoms with Crippen molar-refractivity contribution in [3.05, 3.63) is 0 Å².